The molecule has 1 unspecified atom stereocenters. The normalized spacial score (nSPS) is 17.2. The molecular formula is C21H34N4O6S. The average molecular weight is 471 g/mol. The van der Waals surface area contributed by atoms with Gasteiger partial charge in [0.15, 0.2) is 0 Å². The maximum Gasteiger partial charge on any atom is 0.414 e. The highest BCUT2D eigenvalue weighted by Crippen LogP contribution is 2.38. The third kappa shape index (κ3) is 6.57. The first-order chi connectivity index (χ1) is 15.0. The lowest BCUT2D eigenvalue weighted by Crippen LogP contribution is -2.52. The summed E-state index contributed by atoms with van der Waals surface area (Å²) in [6.07, 6.45) is -0.109. The Morgan fingerprint density at radius 2 is 1.94 bits per heavy atom. The van der Waals surface area contributed by atoms with Crippen LogP contribution in [0.3, 0.4) is 0 Å². The molecule has 0 spiro atoms. The van der Waals surface area contributed by atoms with Crippen LogP contribution in [0.5, 0.6) is 0 Å². The zero-order valence-corrected chi connectivity index (χ0v) is 20.1. The number of carbonyl (C=O) groups is 2. The highest BCUT2D eigenvalue weighted by Gasteiger charge is 2.36. The highest BCUT2D eigenvalue weighted by molar-refractivity contribution is 7.90. The summed E-state index contributed by atoms with van der Waals surface area (Å²) in [6.45, 7) is 6.73. The number of nitrogens with one attached hydrogen (secondary N) is 1. The first kappa shape index (κ1) is 25.9. The van der Waals surface area contributed by atoms with Gasteiger partial charge in [0.05, 0.1) is 42.9 Å². The first-order valence-corrected chi connectivity index (χ1v) is 12.6. The maximum absolute atomic E-state index is 12.8. The summed E-state index contributed by atoms with van der Waals surface area (Å²) >= 11 is 0. The molecule has 1 aromatic carbocycles. The zero-order chi connectivity index (χ0) is 24.1. The Morgan fingerprint density at radius 3 is 2.50 bits per heavy atom. The second-order valence-corrected chi connectivity index (χ2v) is 10.5. The lowest BCUT2D eigenvalue weighted by molar-refractivity contribution is 0.121. The number of hydrogen-bond donors (Lipinski definition) is 2. The Kier molecular flexibility index (Phi) is 8.88. The number of amides is 2. The van der Waals surface area contributed by atoms with Gasteiger partial charge in [-0.3, -0.25) is 9.80 Å². The fourth-order valence-corrected chi connectivity index (χ4v) is 4.10. The van der Waals surface area contributed by atoms with Crippen molar-refractivity contribution < 1.29 is 27.5 Å². The van der Waals surface area contributed by atoms with Crippen LogP contribution in [0.25, 0.3) is 0 Å². The van der Waals surface area contributed by atoms with Crippen molar-refractivity contribution in [3.05, 3.63) is 23.8 Å². The van der Waals surface area contributed by atoms with E-state index in [0.717, 1.165) is 5.56 Å². The number of benzene rings is 1. The van der Waals surface area contributed by atoms with E-state index in [1.165, 1.54) is 23.2 Å². The van der Waals surface area contributed by atoms with Gasteiger partial charge in [-0.25, -0.2) is 18.0 Å². The molecule has 10 nitrogen and oxygen atoms in total. The van der Waals surface area contributed by atoms with Gasteiger partial charge in [0.2, 0.25) is 0 Å². The van der Waals surface area contributed by atoms with E-state index < -0.39 is 22.0 Å². The van der Waals surface area contributed by atoms with Crippen molar-refractivity contribution in [2.75, 3.05) is 55.1 Å². The monoisotopic (exact) mass is 470 g/mol. The Hall–Kier alpha value is -2.37. The van der Waals surface area contributed by atoms with Crippen molar-refractivity contribution in [1.29, 1.82) is 0 Å². The fraction of sp³-hybridized carbons (Fsp3) is 0.619. The van der Waals surface area contributed by atoms with Gasteiger partial charge in [0, 0.05) is 31.8 Å². The van der Waals surface area contributed by atoms with Crippen molar-refractivity contribution in [1.82, 2.24) is 5.32 Å². The number of sulfone groups is 1. The molecule has 3 N–H and O–H groups in total. The van der Waals surface area contributed by atoms with Crippen molar-refractivity contribution in [2.45, 2.75) is 38.8 Å². The van der Waals surface area contributed by atoms with Gasteiger partial charge < -0.3 is 20.5 Å². The lowest BCUT2D eigenvalue weighted by Gasteiger charge is -2.40. The maximum atomic E-state index is 12.8. The topological polar surface area (TPSA) is 131 Å². The molecule has 0 radical (unpaired) electrons. The summed E-state index contributed by atoms with van der Waals surface area (Å²) < 4.78 is 33.0. The third-order valence-electron chi connectivity index (χ3n) is 5.16. The van der Waals surface area contributed by atoms with Crippen molar-refractivity contribution in [3.63, 3.8) is 0 Å². The van der Waals surface area contributed by atoms with Gasteiger partial charge in [-0.05, 0) is 38.5 Å². The van der Waals surface area contributed by atoms with Crippen LogP contribution in [-0.2, 0) is 19.3 Å². The van der Waals surface area contributed by atoms with E-state index in [1.807, 2.05) is 19.1 Å². The molecule has 1 heterocycles. The van der Waals surface area contributed by atoms with E-state index in [9.17, 15) is 18.0 Å². The molecule has 0 aromatic heterocycles. The lowest BCUT2D eigenvalue weighted by atomic mass is 9.96. The van der Waals surface area contributed by atoms with Crippen molar-refractivity contribution in [3.8, 4) is 0 Å². The summed E-state index contributed by atoms with van der Waals surface area (Å²) in [5.41, 5.74) is 7.92. The van der Waals surface area contributed by atoms with Gasteiger partial charge in [-0.2, -0.15) is 0 Å². The number of carbonyl (C=O) groups excluding carboxylic acids is 2. The summed E-state index contributed by atoms with van der Waals surface area (Å²) in [5.74, 6) is -0.0799. The number of ether oxygens (including phenoxy) is 2. The van der Waals surface area contributed by atoms with E-state index >= 15 is 0 Å². The summed E-state index contributed by atoms with van der Waals surface area (Å²) in [4.78, 5) is 28.2. The number of nitrogens with zero attached hydrogens (tertiary/aromatic N) is 2. The van der Waals surface area contributed by atoms with Crippen LogP contribution in [0.15, 0.2) is 18.2 Å². The molecule has 2 amide bonds. The molecule has 0 aliphatic carbocycles. The van der Waals surface area contributed by atoms with E-state index in [-0.39, 0.29) is 30.4 Å². The quantitative estimate of drug-likeness (QED) is 0.549. The molecule has 0 bridgehead atoms. The molecule has 2 rings (SSSR count). The minimum Gasteiger partial charge on any atom is -0.452 e. The van der Waals surface area contributed by atoms with Gasteiger partial charge in [-0.1, -0.05) is 6.07 Å². The molecule has 0 saturated heterocycles. The van der Waals surface area contributed by atoms with Crippen LogP contribution >= 0.6 is 0 Å². The highest BCUT2D eigenvalue weighted by atomic mass is 32.2. The van der Waals surface area contributed by atoms with Gasteiger partial charge in [0.25, 0.3) is 0 Å². The Labute approximate surface area is 189 Å². The SMILES string of the molecule is COC(=O)N1c2ccc(C(CN)CNCCS(C)(=O)=O)cc2N(C(=O)OC(C)C)C[C@@H]1C. The Bertz CT molecular complexity index is 921. The summed E-state index contributed by atoms with van der Waals surface area (Å²) in [6, 6.07) is 5.14. The van der Waals surface area contributed by atoms with Crippen LogP contribution in [-0.4, -0.2) is 78.0 Å². The Morgan fingerprint density at radius 1 is 1.25 bits per heavy atom. The molecule has 0 fully saturated rings. The molecule has 1 aliphatic heterocycles. The van der Waals surface area contributed by atoms with E-state index in [4.69, 9.17) is 15.2 Å². The number of anilines is 2. The van der Waals surface area contributed by atoms with Gasteiger partial charge in [0.1, 0.15) is 9.84 Å². The summed E-state index contributed by atoms with van der Waals surface area (Å²) in [7, 11) is -1.74. The third-order valence-corrected chi connectivity index (χ3v) is 6.11. The number of hydrogen-bond acceptors (Lipinski definition) is 8. The molecule has 1 aliphatic rings. The molecule has 180 valence electrons. The predicted molar refractivity (Wildman–Crippen MR) is 124 cm³/mol. The van der Waals surface area contributed by atoms with Crippen LogP contribution in [0, 0.1) is 0 Å². The zero-order valence-electron chi connectivity index (χ0n) is 19.3. The minimum atomic E-state index is -3.06. The van der Waals surface area contributed by atoms with E-state index in [2.05, 4.69) is 5.32 Å². The van der Waals surface area contributed by atoms with Crippen LogP contribution in [0.4, 0.5) is 21.0 Å². The fourth-order valence-electron chi connectivity index (χ4n) is 3.58. The average Bonchev–Trinajstić information content (AvgIpc) is 2.71. The van der Waals surface area contributed by atoms with Crippen LogP contribution < -0.4 is 20.9 Å². The van der Waals surface area contributed by atoms with E-state index in [1.54, 1.807) is 19.9 Å². The van der Waals surface area contributed by atoms with Crippen LogP contribution in [0.2, 0.25) is 0 Å². The molecule has 0 saturated carbocycles. The van der Waals surface area contributed by atoms with E-state index in [0.29, 0.717) is 31.0 Å². The minimum absolute atomic E-state index is 0.0370. The second-order valence-electron chi connectivity index (χ2n) is 8.25. The number of rotatable bonds is 8. The largest absolute Gasteiger partial charge is 0.452 e. The molecule has 11 heteroatoms. The van der Waals surface area contributed by atoms with Crippen molar-refractivity contribution >= 4 is 33.4 Å². The summed E-state index contributed by atoms with van der Waals surface area (Å²) in [5, 5.41) is 3.13. The Balaban J connectivity index is 2.36. The predicted octanol–water partition coefficient (Wildman–Crippen LogP) is 1.69. The molecule has 2 atom stereocenters. The van der Waals surface area contributed by atoms with Gasteiger partial charge in [-0.15, -0.1) is 0 Å². The molecule has 1 aromatic rings. The van der Waals surface area contributed by atoms with Crippen molar-refractivity contribution in [2.24, 2.45) is 5.73 Å². The standard InChI is InChI=1S/C21H34N4O6S/c1-14(2)31-20(26)24-13-15(3)25(21(27)30-4)18-7-6-16(10-19(18)24)17(11-22)12-23-8-9-32(5,28)29/h6-7,10,14-15,17,23H,8-9,11-13,22H2,1-5H3/t15-,17?/m0/s1. The number of nitrogens with two attached hydrogens (primary N) is 1. The second kappa shape index (κ2) is 11.0. The molecular weight excluding hydrogens is 436 g/mol. The number of fused-ring (bicyclic) bond motifs is 1. The van der Waals surface area contributed by atoms with Crippen LogP contribution in [0.1, 0.15) is 32.3 Å². The first-order valence-electron chi connectivity index (χ1n) is 10.6. The number of methoxy groups -OCH3 is 1. The smallest absolute Gasteiger partial charge is 0.414 e. The van der Waals surface area contributed by atoms with Gasteiger partial charge >= 0.3 is 12.2 Å². The molecule has 32 heavy (non-hydrogen) atoms.